The number of benzene rings is 1. The highest BCUT2D eigenvalue weighted by molar-refractivity contribution is 9.10. The van der Waals surface area contributed by atoms with Crippen molar-refractivity contribution in [1.82, 2.24) is 20.9 Å². The minimum Gasteiger partial charge on any atom is -0.443 e. The van der Waals surface area contributed by atoms with Gasteiger partial charge in [0.05, 0.1) is 12.7 Å². The van der Waals surface area contributed by atoms with E-state index in [1.807, 2.05) is 12.1 Å². The van der Waals surface area contributed by atoms with E-state index < -0.39 is 0 Å². The largest absolute Gasteiger partial charge is 0.443 e. The molecule has 0 spiro atoms. The maximum Gasteiger partial charge on any atom is 0.251 e. The second kappa shape index (κ2) is 9.55. The van der Waals surface area contributed by atoms with Crippen molar-refractivity contribution in [1.29, 1.82) is 0 Å². The van der Waals surface area contributed by atoms with E-state index in [4.69, 9.17) is 4.42 Å². The highest BCUT2D eigenvalue weighted by atomic mass is 79.9. The van der Waals surface area contributed by atoms with Crippen molar-refractivity contribution in [3.05, 3.63) is 52.1 Å². The molecule has 1 aromatic heterocycles. The summed E-state index contributed by atoms with van der Waals surface area (Å²) in [5, 5.41) is 9.15. The SMILES string of the molecule is CN=C(NCCNC(=O)c1cccc(Br)c1)NCc1ncc(C(C)(C)C)o1. The number of nitrogens with zero attached hydrogens (tertiary/aromatic N) is 2. The van der Waals surface area contributed by atoms with Gasteiger partial charge in [-0.25, -0.2) is 4.98 Å². The van der Waals surface area contributed by atoms with Gasteiger partial charge in [-0.05, 0) is 18.2 Å². The van der Waals surface area contributed by atoms with Crippen LogP contribution in [0.1, 0.15) is 42.8 Å². The van der Waals surface area contributed by atoms with Crippen molar-refractivity contribution in [3.63, 3.8) is 0 Å². The van der Waals surface area contributed by atoms with E-state index in [-0.39, 0.29) is 11.3 Å². The maximum atomic E-state index is 12.1. The van der Waals surface area contributed by atoms with Gasteiger partial charge in [0, 0.05) is 35.6 Å². The Bertz CT molecular complexity index is 795. The smallest absolute Gasteiger partial charge is 0.251 e. The molecule has 0 aliphatic heterocycles. The molecule has 7 nitrogen and oxygen atoms in total. The second-order valence-electron chi connectivity index (χ2n) is 6.99. The molecule has 0 atom stereocenters. The maximum absolute atomic E-state index is 12.1. The first-order chi connectivity index (χ1) is 12.8. The predicted octanol–water partition coefficient (Wildman–Crippen LogP) is 2.83. The van der Waals surface area contributed by atoms with Crippen LogP contribution in [0.5, 0.6) is 0 Å². The predicted molar refractivity (Wildman–Crippen MR) is 110 cm³/mol. The van der Waals surface area contributed by atoms with Gasteiger partial charge in [-0.3, -0.25) is 9.79 Å². The molecule has 2 rings (SSSR count). The molecular weight excluding hydrogens is 410 g/mol. The molecule has 8 heteroatoms. The van der Waals surface area contributed by atoms with Gasteiger partial charge in [-0.1, -0.05) is 42.8 Å². The van der Waals surface area contributed by atoms with Crippen LogP contribution in [-0.2, 0) is 12.0 Å². The van der Waals surface area contributed by atoms with Crippen molar-refractivity contribution in [2.24, 2.45) is 4.99 Å². The van der Waals surface area contributed by atoms with Gasteiger partial charge in [0.2, 0.25) is 5.89 Å². The van der Waals surface area contributed by atoms with E-state index in [2.05, 4.69) is 62.6 Å². The summed E-state index contributed by atoms with van der Waals surface area (Å²) in [6.07, 6.45) is 1.75. The summed E-state index contributed by atoms with van der Waals surface area (Å²) in [7, 11) is 1.69. The number of halogens is 1. The van der Waals surface area contributed by atoms with Crippen molar-refractivity contribution in [2.45, 2.75) is 32.7 Å². The number of rotatable bonds is 6. The first-order valence-electron chi connectivity index (χ1n) is 8.73. The monoisotopic (exact) mass is 435 g/mol. The first-order valence-corrected chi connectivity index (χ1v) is 9.52. The fraction of sp³-hybridized carbons (Fsp3) is 0.421. The average Bonchev–Trinajstić information content (AvgIpc) is 3.10. The van der Waals surface area contributed by atoms with Gasteiger partial charge in [-0.15, -0.1) is 0 Å². The number of carbonyl (C=O) groups excluding carboxylic acids is 1. The summed E-state index contributed by atoms with van der Waals surface area (Å²) in [5.74, 6) is 1.95. The molecule has 1 aromatic carbocycles. The Hall–Kier alpha value is -2.35. The number of amides is 1. The summed E-state index contributed by atoms with van der Waals surface area (Å²) in [5.41, 5.74) is 0.544. The molecule has 146 valence electrons. The second-order valence-corrected chi connectivity index (χ2v) is 7.90. The Labute approximate surface area is 168 Å². The van der Waals surface area contributed by atoms with E-state index in [1.54, 1.807) is 25.4 Å². The highest BCUT2D eigenvalue weighted by Crippen LogP contribution is 2.22. The third-order valence-corrected chi connectivity index (χ3v) is 4.21. The molecule has 0 aliphatic rings. The van der Waals surface area contributed by atoms with Crippen LogP contribution in [0.15, 0.2) is 44.3 Å². The van der Waals surface area contributed by atoms with Crippen LogP contribution >= 0.6 is 15.9 Å². The van der Waals surface area contributed by atoms with Crippen molar-refractivity contribution in [2.75, 3.05) is 20.1 Å². The summed E-state index contributed by atoms with van der Waals surface area (Å²) >= 11 is 3.36. The van der Waals surface area contributed by atoms with Gasteiger partial charge in [0.1, 0.15) is 5.76 Å². The van der Waals surface area contributed by atoms with Crippen LogP contribution in [0.2, 0.25) is 0 Å². The number of aromatic nitrogens is 1. The number of nitrogens with one attached hydrogen (secondary N) is 3. The Balaban J connectivity index is 1.73. The number of carbonyl (C=O) groups is 1. The Morgan fingerprint density at radius 2 is 1.96 bits per heavy atom. The summed E-state index contributed by atoms with van der Waals surface area (Å²) in [4.78, 5) is 20.5. The molecule has 1 amide bonds. The van der Waals surface area contributed by atoms with Gasteiger partial charge in [0.15, 0.2) is 5.96 Å². The lowest BCUT2D eigenvalue weighted by Crippen LogP contribution is -2.41. The molecule has 0 unspecified atom stereocenters. The molecule has 2 aromatic rings. The Morgan fingerprint density at radius 3 is 2.59 bits per heavy atom. The highest BCUT2D eigenvalue weighted by Gasteiger charge is 2.19. The Kier molecular flexibility index (Phi) is 7.41. The summed E-state index contributed by atoms with van der Waals surface area (Å²) < 4.78 is 6.62. The van der Waals surface area contributed by atoms with E-state index in [9.17, 15) is 4.79 Å². The van der Waals surface area contributed by atoms with Crippen LogP contribution < -0.4 is 16.0 Å². The molecule has 27 heavy (non-hydrogen) atoms. The quantitative estimate of drug-likeness (QED) is 0.368. The Morgan fingerprint density at radius 1 is 1.22 bits per heavy atom. The average molecular weight is 436 g/mol. The lowest BCUT2D eigenvalue weighted by Gasteiger charge is -2.13. The topological polar surface area (TPSA) is 91.5 Å². The van der Waals surface area contributed by atoms with Crippen LogP contribution in [-0.4, -0.2) is 37.0 Å². The molecule has 0 radical (unpaired) electrons. The number of guanidine groups is 1. The van der Waals surface area contributed by atoms with Crippen molar-refractivity contribution >= 4 is 27.8 Å². The zero-order chi connectivity index (χ0) is 19.9. The zero-order valence-corrected chi connectivity index (χ0v) is 17.7. The van der Waals surface area contributed by atoms with Crippen molar-refractivity contribution in [3.8, 4) is 0 Å². The third-order valence-electron chi connectivity index (χ3n) is 3.71. The normalized spacial score (nSPS) is 12.0. The molecule has 3 N–H and O–H groups in total. The van der Waals surface area contributed by atoms with Crippen LogP contribution in [0.3, 0.4) is 0 Å². The molecule has 1 heterocycles. The number of hydrogen-bond donors (Lipinski definition) is 3. The standard InChI is InChI=1S/C19H26BrN5O2/c1-19(2,3)15-11-24-16(27-15)12-25-18(21-4)23-9-8-22-17(26)13-6-5-7-14(20)10-13/h5-7,10-11H,8-9,12H2,1-4H3,(H,22,26)(H2,21,23,25). The number of aliphatic imine (C=N–C) groups is 1. The van der Waals surface area contributed by atoms with Crippen LogP contribution in [0, 0.1) is 0 Å². The fourth-order valence-electron chi connectivity index (χ4n) is 2.21. The molecule has 0 bridgehead atoms. The minimum absolute atomic E-state index is 0.0717. The van der Waals surface area contributed by atoms with E-state index in [1.165, 1.54) is 0 Å². The van der Waals surface area contributed by atoms with Gasteiger partial charge < -0.3 is 20.4 Å². The van der Waals surface area contributed by atoms with Gasteiger partial charge >= 0.3 is 0 Å². The lowest BCUT2D eigenvalue weighted by atomic mass is 9.94. The molecule has 0 fully saturated rings. The number of hydrogen-bond acceptors (Lipinski definition) is 4. The molecule has 0 saturated carbocycles. The fourth-order valence-corrected chi connectivity index (χ4v) is 2.61. The molecule has 0 saturated heterocycles. The minimum atomic E-state index is -0.115. The molecular formula is C19H26BrN5O2. The van der Waals surface area contributed by atoms with Crippen LogP contribution in [0.4, 0.5) is 0 Å². The zero-order valence-electron chi connectivity index (χ0n) is 16.1. The van der Waals surface area contributed by atoms with Gasteiger partial charge in [0.25, 0.3) is 5.91 Å². The first kappa shape index (κ1) is 21.0. The summed E-state index contributed by atoms with van der Waals surface area (Å²) in [6.45, 7) is 7.67. The van der Waals surface area contributed by atoms with Crippen LogP contribution in [0.25, 0.3) is 0 Å². The van der Waals surface area contributed by atoms with E-state index in [0.717, 1.165) is 10.2 Å². The van der Waals surface area contributed by atoms with Crippen molar-refractivity contribution < 1.29 is 9.21 Å². The third kappa shape index (κ3) is 6.71. The summed E-state index contributed by atoms with van der Waals surface area (Å²) in [6, 6.07) is 7.27. The van der Waals surface area contributed by atoms with E-state index >= 15 is 0 Å². The molecule has 0 aliphatic carbocycles. The van der Waals surface area contributed by atoms with Gasteiger partial charge in [-0.2, -0.15) is 0 Å². The van der Waals surface area contributed by atoms with E-state index in [0.29, 0.717) is 37.0 Å². The lowest BCUT2D eigenvalue weighted by molar-refractivity contribution is 0.0954. The number of oxazole rings is 1.